The van der Waals surface area contributed by atoms with E-state index in [1.165, 1.54) is 5.56 Å². The van der Waals surface area contributed by atoms with E-state index in [-0.39, 0.29) is 12.0 Å². The third-order valence-electron chi connectivity index (χ3n) is 3.51. The molecule has 1 aromatic rings. The maximum absolute atomic E-state index is 9.89. The normalized spacial score (nSPS) is 24.4. The Balaban J connectivity index is 1.73. The third kappa shape index (κ3) is 4.05. The summed E-state index contributed by atoms with van der Waals surface area (Å²) in [5.74, 6) is 0.251. The Bertz CT molecular complexity index is 345. The van der Waals surface area contributed by atoms with Crippen LogP contribution in [0, 0.1) is 5.92 Å². The number of aromatic nitrogens is 1. The Morgan fingerprint density at radius 2 is 2.22 bits per heavy atom. The number of aliphatic hydroxyl groups is 1. The van der Waals surface area contributed by atoms with Gasteiger partial charge in [0.05, 0.1) is 12.7 Å². The Hall–Kier alpha value is -0.970. The molecule has 4 nitrogen and oxygen atoms in total. The highest BCUT2D eigenvalue weighted by Crippen LogP contribution is 2.15. The number of ether oxygens (including phenoxy) is 1. The maximum atomic E-state index is 9.89. The number of aliphatic hydroxyl groups excluding tert-OH is 1. The number of rotatable bonds is 5. The predicted molar refractivity (Wildman–Crippen MR) is 70.4 cm³/mol. The summed E-state index contributed by atoms with van der Waals surface area (Å²) in [7, 11) is 2.10. The van der Waals surface area contributed by atoms with Gasteiger partial charge in [0.2, 0.25) is 0 Å². The van der Waals surface area contributed by atoms with Crippen LogP contribution in [-0.2, 0) is 11.2 Å². The van der Waals surface area contributed by atoms with E-state index in [0.717, 1.165) is 25.9 Å². The molecule has 0 aromatic carbocycles. The van der Waals surface area contributed by atoms with E-state index in [4.69, 9.17) is 4.74 Å². The highest BCUT2D eigenvalue weighted by atomic mass is 16.5. The molecule has 4 heteroatoms. The average molecular weight is 250 g/mol. The molecule has 100 valence electrons. The zero-order valence-corrected chi connectivity index (χ0v) is 11.0. The highest BCUT2D eigenvalue weighted by Gasteiger charge is 2.24. The minimum atomic E-state index is -0.206. The monoisotopic (exact) mass is 250 g/mol. The fourth-order valence-electron chi connectivity index (χ4n) is 2.32. The van der Waals surface area contributed by atoms with Crippen LogP contribution in [0.2, 0.25) is 0 Å². The lowest BCUT2D eigenvalue weighted by atomic mass is 9.98. The van der Waals surface area contributed by atoms with Crippen LogP contribution in [-0.4, -0.2) is 54.4 Å². The van der Waals surface area contributed by atoms with Crippen molar-refractivity contribution in [2.24, 2.45) is 5.92 Å². The van der Waals surface area contributed by atoms with Crippen LogP contribution in [0.3, 0.4) is 0 Å². The van der Waals surface area contributed by atoms with Crippen LogP contribution in [0.15, 0.2) is 24.5 Å². The van der Waals surface area contributed by atoms with Crippen LogP contribution < -0.4 is 0 Å². The average Bonchev–Trinajstić information content (AvgIpc) is 2.40. The predicted octanol–water partition coefficient (Wildman–Crippen LogP) is 0.953. The molecule has 1 aromatic heterocycles. The molecule has 18 heavy (non-hydrogen) atoms. The van der Waals surface area contributed by atoms with Gasteiger partial charge in [-0.25, -0.2) is 0 Å². The third-order valence-corrected chi connectivity index (χ3v) is 3.51. The topological polar surface area (TPSA) is 45.6 Å². The van der Waals surface area contributed by atoms with Crippen molar-refractivity contribution in [2.45, 2.75) is 18.9 Å². The van der Waals surface area contributed by atoms with Gasteiger partial charge in [0.15, 0.2) is 0 Å². The summed E-state index contributed by atoms with van der Waals surface area (Å²) < 4.78 is 5.42. The molecule has 0 aliphatic carbocycles. The minimum Gasteiger partial charge on any atom is -0.393 e. The lowest BCUT2D eigenvalue weighted by Crippen LogP contribution is -2.40. The van der Waals surface area contributed by atoms with E-state index in [1.54, 1.807) is 0 Å². The summed E-state index contributed by atoms with van der Waals surface area (Å²) in [5.41, 5.74) is 1.30. The van der Waals surface area contributed by atoms with Crippen molar-refractivity contribution < 1.29 is 9.84 Å². The number of likely N-dealkylation sites (N-methyl/N-ethyl adjacent to an activating group) is 1. The molecule has 2 heterocycles. The first-order valence-corrected chi connectivity index (χ1v) is 6.59. The molecule has 0 bridgehead atoms. The van der Waals surface area contributed by atoms with Gasteiger partial charge in [-0.2, -0.15) is 0 Å². The van der Waals surface area contributed by atoms with Crippen molar-refractivity contribution >= 4 is 0 Å². The Labute approximate surface area is 109 Å². The van der Waals surface area contributed by atoms with E-state index >= 15 is 0 Å². The zero-order chi connectivity index (χ0) is 12.8. The first-order chi connectivity index (χ1) is 8.75. The first-order valence-electron chi connectivity index (χ1n) is 6.59. The van der Waals surface area contributed by atoms with E-state index in [9.17, 15) is 5.11 Å². The van der Waals surface area contributed by atoms with E-state index in [0.29, 0.717) is 13.2 Å². The van der Waals surface area contributed by atoms with E-state index in [2.05, 4.69) is 16.9 Å². The standard InChI is InChI=1S/C14H22N2O2/c1-16(8-4-12-2-6-15-7-3-12)10-13-11-18-9-5-14(13)17/h2-3,6-7,13-14,17H,4-5,8-11H2,1H3. The van der Waals surface area contributed by atoms with Crippen LogP contribution >= 0.6 is 0 Å². The molecular weight excluding hydrogens is 228 g/mol. The Morgan fingerprint density at radius 3 is 2.94 bits per heavy atom. The molecular formula is C14H22N2O2. The summed E-state index contributed by atoms with van der Waals surface area (Å²) >= 11 is 0. The van der Waals surface area contributed by atoms with Crippen molar-refractivity contribution in [3.05, 3.63) is 30.1 Å². The lowest BCUT2D eigenvalue weighted by Gasteiger charge is -2.31. The first kappa shape index (κ1) is 13.5. The van der Waals surface area contributed by atoms with Gasteiger partial charge >= 0.3 is 0 Å². The summed E-state index contributed by atoms with van der Waals surface area (Å²) in [5, 5.41) is 9.89. The van der Waals surface area contributed by atoms with Crippen molar-refractivity contribution in [3.63, 3.8) is 0 Å². The summed E-state index contributed by atoms with van der Waals surface area (Å²) in [6.45, 7) is 3.26. The van der Waals surface area contributed by atoms with Crippen molar-refractivity contribution in [1.82, 2.24) is 9.88 Å². The zero-order valence-electron chi connectivity index (χ0n) is 11.0. The lowest BCUT2D eigenvalue weighted by molar-refractivity contribution is -0.0443. The number of pyridine rings is 1. The largest absolute Gasteiger partial charge is 0.393 e. The van der Waals surface area contributed by atoms with Crippen LogP contribution in [0.25, 0.3) is 0 Å². The number of nitrogens with zero attached hydrogens (tertiary/aromatic N) is 2. The molecule has 2 rings (SSSR count). The second kappa shape index (κ2) is 6.83. The molecule has 0 amide bonds. The molecule has 0 spiro atoms. The van der Waals surface area contributed by atoms with Crippen molar-refractivity contribution in [3.8, 4) is 0 Å². The SMILES string of the molecule is CN(CCc1ccncc1)CC1COCCC1O. The number of hydrogen-bond acceptors (Lipinski definition) is 4. The molecule has 1 aliphatic rings. The Kier molecular flexibility index (Phi) is 5.11. The second-order valence-electron chi connectivity index (χ2n) is 5.06. The minimum absolute atomic E-state index is 0.206. The molecule has 1 saturated heterocycles. The summed E-state index contributed by atoms with van der Waals surface area (Å²) in [4.78, 5) is 6.28. The maximum Gasteiger partial charge on any atom is 0.0624 e. The molecule has 1 N–H and O–H groups in total. The van der Waals surface area contributed by atoms with Gasteiger partial charge in [0.25, 0.3) is 0 Å². The van der Waals surface area contributed by atoms with Gasteiger partial charge in [-0.1, -0.05) is 0 Å². The summed E-state index contributed by atoms with van der Waals surface area (Å²) in [6.07, 6.45) is 5.23. The van der Waals surface area contributed by atoms with Crippen molar-refractivity contribution in [1.29, 1.82) is 0 Å². The molecule has 1 fully saturated rings. The quantitative estimate of drug-likeness (QED) is 0.845. The van der Waals surface area contributed by atoms with Gasteiger partial charge in [-0.3, -0.25) is 4.98 Å². The van der Waals surface area contributed by atoms with Gasteiger partial charge in [0, 0.05) is 38.0 Å². The van der Waals surface area contributed by atoms with Crippen molar-refractivity contribution in [2.75, 3.05) is 33.4 Å². The van der Waals surface area contributed by atoms with Gasteiger partial charge in [-0.05, 0) is 37.6 Å². The molecule has 1 aliphatic heterocycles. The van der Waals surface area contributed by atoms with Crippen LogP contribution in [0.5, 0.6) is 0 Å². The fourth-order valence-corrected chi connectivity index (χ4v) is 2.32. The Morgan fingerprint density at radius 1 is 1.44 bits per heavy atom. The summed E-state index contributed by atoms with van der Waals surface area (Å²) in [6, 6.07) is 4.10. The molecule has 2 atom stereocenters. The van der Waals surface area contributed by atoms with Crippen LogP contribution in [0.4, 0.5) is 0 Å². The molecule has 0 saturated carbocycles. The fraction of sp³-hybridized carbons (Fsp3) is 0.643. The highest BCUT2D eigenvalue weighted by molar-refractivity contribution is 5.09. The number of hydrogen-bond donors (Lipinski definition) is 1. The molecule has 0 radical (unpaired) electrons. The van der Waals surface area contributed by atoms with Gasteiger partial charge in [-0.15, -0.1) is 0 Å². The van der Waals surface area contributed by atoms with Gasteiger partial charge < -0.3 is 14.7 Å². The van der Waals surface area contributed by atoms with Crippen LogP contribution in [0.1, 0.15) is 12.0 Å². The molecule has 2 unspecified atom stereocenters. The van der Waals surface area contributed by atoms with Gasteiger partial charge in [0.1, 0.15) is 0 Å². The van der Waals surface area contributed by atoms with E-state index in [1.807, 2.05) is 24.5 Å². The van der Waals surface area contributed by atoms with E-state index < -0.39 is 0 Å². The smallest absolute Gasteiger partial charge is 0.0624 e. The second-order valence-corrected chi connectivity index (χ2v) is 5.06.